The third-order valence-corrected chi connectivity index (χ3v) is 4.89. The lowest BCUT2D eigenvalue weighted by Gasteiger charge is -2.57. The zero-order valence-corrected chi connectivity index (χ0v) is 16.1. The van der Waals surface area contributed by atoms with E-state index in [0.29, 0.717) is 0 Å². The van der Waals surface area contributed by atoms with Gasteiger partial charge in [0.1, 0.15) is 18.4 Å². The quantitative estimate of drug-likeness (QED) is 0.786. The van der Waals surface area contributed by atoms with Crippen molar-refractivity contribution in [2.75, 3.05) is 19.6 Å². The Kier molecular flexibility index (Phi) is 5.31. The van der Waals surface area contributed by atoms with Gasteiger partial charge in [-0.15, -0.1) is 0 Å². The number of hydrogen-bond donors (Lipinski definition) is 0. The molecule has 0 aromatic heterocycles. The lowest BCUT2D eigenvalue weighted by Crippen LogP contribution is -2.74. The Bertz CT molecular complexity index is 683. The Hall–Kier alpha value is -2.31. The summed E-state index contributed by atoms with van der Waals surface area (Å²) < 4.78 is 24.9. The highest BCUT2D eigenvalue weighted by Gasteiger charge is 2.55. The van der Waals surface area contributed by atoms with E-state index in [9.17, 15) is 14.0 Å². The van der Waals surface area contributed by atoms with Crippen LogP contribution < -0.4 is 0 Å². The van der Waals surface area contributed by atoms with Gasteiger partial charge in [0.15, 0.2) is 0 Å². The molecule has 6 nitrogen and oxygen atoms in total. The molecule has 0 N–H and O–H groups in total. The van der Waals surface area contributed by atoms with Gasteiger partial charge in [-0.1, -0.05) is 30.3 Å². The first-order valence-corrected chi connectivity index (χ1v) is 9.29. The minimum absolute atomic E-state index is 0.168. The van der Waals surface area contributed by atoms with Crippen LogP contribution in [0.5, 0.6) is 0 Å². The van der Waals surface area contributed by atoms with Crippen LogP contribution in [0.4, 0.5) is 14.0 Å². The van der Waals surface area contributed by atoms with Crippen molar-refractivity contribution >= 4 is 12.2 Å². The number of carbonyl (C=O) groups excluding carboxylic acids is 2. The number of likely N-dealkylation sites (tertiary alicyclic amines) is 2. The van der Waals surface area contributed by atoms with Crippen LogP contribution in [-0.2, 0) is 16.1 Å². The SMILES string of the molecule is CC(C)(C)OC(=O)N1CC2(CC(F)CCN2C(=O)OCc2ccccc2)C1. The highest BCUT2D eigenvalue weighted by atomic mass is 19.1. The van der Waals surface area contributed by atoms with Gasteiger partial charge in [-0.3, -0.25) is 4.90 Å². The Morgan fingerprint density at radius 3 is 2.48 bits per heavy atom. The molecule has 1 aromatic carbocycles. The average Bonchev–Trinajstić information content (AvgIpc) is 2.56. The molecule has 148 valence electrons. The van der Waals surface area contributed by atoms with Crippen molar-refractivity contribution in [3.8, 4) is 0 Å². The minimum atomic E-state index is -0.982. The summed E-state index contributed by atoms with van der Waals surface area (Å²) in [5, 5.41) is 0. The Balaban J connectivity index is 1.62. The predicted molar refractivity (Wildman–Crippen MR) is 98.0 cm³/mol. The molecule has 0 radical (unpaired) electrons. The molecule has 2 fully saturated rings. The Labute approximate surface area is 159 Å². The predicted octanol–water partition coefficient (Wildman–Crippen LogP) is 3.75. The smallest absolute Gasteiger partial charge is 0.410 e. The second kappa shape index (κ2) is 7.37. The normalized spacial score (nSPS) is 21.6. The molecule has 2 amide bonds. The number of hydrogen-bond acceptors (Lipinski definition) is 4. The lowest BCUT2D eigenvalue weighted by atomic mass is 9.79. The summed E-state index contributed by atoms with van der Waals surface area (Å²) in [6.45, 7) is 6.38. The van der Waals surface area contributed by atoms with E-state index < -0.39 is 29.5 Å². The summed E-state index contributed by atoms with van der Waals surface area (Å²) in [6.07, 6.45) is -1.38. The molecule has 7 heteroatoms. The molecule has 1 aromatic rings. The number of benzene rings is 1. The molecule has 2 heterocycles. The second-order valence-electron chi connectivity index (χ2n) is 8.34. The molecule has 1 spiro atoms. The van der Waals surface area contributed by atoms with E-state index >= 15 is 0 Å². The third-order valence-electron chi connectivity index (χ3n) is 4.89. The van der Waals surface area contributed by atoms with Crippen molar-refractivity contribution in [3.63, 3.8) is 0 Å². The van der Waals surface area contributed by atoms with Crippen LogP contribution in [0.2, 0.25) is 0 Å². The van der Waals surface area contributed by atoms with Crippen LogP contribution in [0.3, 0.4) is 0 Å². The largest absolute Gasteiger partial charge is 0.445 e. The van der Waals surface area contributed by atoms with E-state index in [1.807, 2.05) is 30.3 Å². The summed E-state index contributed by atoms with van der Waals surface area (Å²) in [5.74, 6) is 0. The second-order valence-corrected chi connectivity index (χ2v) is 8.34. The fourth-order valence-electron chi connectivity index (χ4n) is 3.63. The first-order valence-electron chi connectivity index (χ1n) is 9.29. The van der Waals surface area contributed by atoms with E-state index in [0.717, 1.165) is 5.56 Å². The van der Waals surface area contributed by atoms with Crippen molar-refractivity contribution in [1.29, 1.82) is 0 Å². The standard InChI is InChI=1S/C20H27FN2O4/c1-19(2,3)27-17(24)22-13-20(14-22)11-16(21)9-10-23(20)18(25)26-12-15-7-5-4-6-8-15/h4-8,16H,9-14H2,1-3H3. The molecule has 27 heavy (non-hydrogen) atoms. The molecule has 1 unspecified atom stereocenters. The number of nitrogens with zero attached hydrogens (tertiary/aromatic N) is 2. The van der Waals surface area contributed by atoms with Crippen LogP contribution in [0, 0.1) is 0 Å². The van der Waals surface area contributed by atoms with Crippen LogP contribution in [0.1, 0.15) is 39.2 Å². The fourth-order valence-corrected chi connectivity index (χ4v) is 3.63. The number of rotatable bonds is 2. The van der Waals surface area contributed by atoms with Crippen molar-refractivity contribution in [3.05, 3.63) is 35.9 Å². The monoisotopic (exact) mass is 378 g/mol. The summed E-state index contributed by atoms with van der Waals surface area (Å²) in [5.41, 5.74) is -0.407. The number of halogens is 1. The molecular formula is C20H27FN2O4. The Morgan fingerprint density at radius 1 is 1.19 bits per heavy atom. The van der Waals surface area contributed by atoms with E-state index in [1.54, 1.807) is 25.7 Å². The van der Waals surface area contributed by atoms with Gasteiger partial charge in [-0.2, -0.15) is 0 Å². The molecule has 0 saturated carbocycles. The van der Waals surface area contributed by atoms with Gasteiger partial charge in [0, 0.05) is 26.1 Å². The molecule has 0 bridgehead atoms. The van der Waals surface area contributed by atoms with E-state index in [1.165, 1.54) is 4.90 Å². The fraction of sp³-hybridized carbons (Fsp3) is 0.600. The van der Waals surface area contributed by atoms with Crippen molar-refractivity contribution in [1.82, 2.24) is 9.80 Å². The summed E-state index contributed by atoms with van der Waals surface area (Å²) >= 11 is 0. The van der Waals surface area contributed by atoms with Crippen LogP contribution in [0.15, 0.2) is 30.3 Å². The maximum atomic E-state index is 14.1. The molecular weight excluding hydrogens is 351 g/mol. The number of alkyl halides is 1. The maximum absolute atomic E-state index is 14.1. The van der Waals surface area contributed by atoms with Gasteiger partial charge in [-0.25, -0.2) is 14.0 Å². The number of piperidine rings is 1. The zero-order valence-electron chi connectivity index (χ0n) is 16.1. The summed E-state index contributed by atoms with van der Waals surface area (Å²) in [4.78, 5) is 28.0. The lowest BCUT2D eigenvalue weighted by molar-refractivity contribution is -0.0891. The highest BCUT2D eigenvalue weighted by Crippen LogP contribution is 2.39. The number of carbonyl (C=O) groups is 2. The van der Waals surface area contributed by atoms with E-state index in [4.69, 9.17) is 9.47 Å². The third kappa shape index (κ3) is 4.51. The minimum Gasteiger partial charge on any atom is -0.445 e. The van der Waals surface area contributed by atoms with Crippen LogP contribution in [-0.4, -0.2) is 58.9 Å². The zero-order chi connectivity index (χ0) is 19.7. The van der Waals surface area contributed by atoms with Gasteiger partial charge < -0.3 is 14.4 Å². The topological polar surface area (TPSA) is 59.1 Å². The average molecular weight is 378 g/mol. The highest BCUT2D eigenvalue weighted by molar-refractivity contribution is 5.73. The van der Waals surface area contributed by atoms with Gasteiger partial charge >= 0.3 is 12.2 Å². The van der Waals surface area contributed by atoms with Gasteiger partial charge in [0.2, 0.25) is 0 Å². The molecule has 2 aliphatic rings. The molecule has 0 aliphatic carbocycles. The summed E-state index contributed by atoms with van der Waals surface area (Å²) in [6, 6.07) is 9.41. The molecule has 3 rings (SSSR count). The van der Waals surface area contributed by atoms with Crippen molar-refractivity contribution < 1.29 is 23.5 Å². The van der Waals surface area contributed by atoms with Crippen LogP contribution >= 0.6 is 0 Å². The van der Waals surface area contributed by atoms with Crippen molar-refractivity contribution in [2.45, 2.75) is 57.5 Å². The first-order chi connectivity index (χ1) is 12.7. The summed E-state index contributed by atoms with van der Waals surface area (Å²) in [7, 11) is 0. The van der Waals surface area contributed by atoms with E-state index in [-0.39, 0.29) is 39.1 Å². The van der Waals surface area contributed by atoms with Crippen LogP contribution in [0.25, 0.3) is 0 Å². The van der Waals surface area contributed by atoms with Gasteiger partial charge in [0.25, 0.3) is 0 Å². The molecule has 2 saturated heterocycles. The van der Waals surface area contributed by atoms with E-state index in [2.05, 4.69) is 0 Å². The Morgan fingerprint density at radius 2 is 1.85 bits per heavy atom. The molecule has 2 aliphatic heterocycles. The van der Waals surface area contributed by atoms with Gasteiger partial charge in [-0.05, 0) is 32.8 Å². The van der Waals surface area contributed by atoms with Gasteiger partial charge in [0.05, 0.1) is 5.54 Å². The first kappa shape index (κ1) is 19.5. The number of ether oxygens (including phenoxy) is 2. The maximum Gasteiger partial charge on any atom is 0.410 e. The number of amides is 2. The molecule has 1 atom stereocenters. The van der Waals surface area contributed by atoms with Crippen molar-refractivity contribution in [2.24, 2.45) is 0 Å².